The maximum Gasteiger partial charge on any atom is 0.419 e. The molecule has 0 saturated heterocycles. The van der Waals surface area contributed by atoms with Crippen LogP contribution in [0, 0.1) is 5.82 Å². The van der Waals surface area contributed by atoms with E-state index in [2.05, 4.69) is 9.71 Å². The zero-order valence-electron chi connectivity index (χ0n) is 13.9. The number of ether oxygens (including phenoxy) is 1. The fourth-order valence-electron chi connectivity index (χ4n) is 2.22. The van der Waals surface area contributed by atoms with Gasteiger partial charge in [0, 0.05) is 11.4 Å². The molecule has 0 aliphatic carbocycles. The summed E-state index contributed by atoms with van der Waals surface area (Å²) in [5.41, 5.74) is 0.757. The van der Waals surface area contributed by atoms with E-state index in [1.807, 2.05) is 0 Å². The highest BCUT2D eigenvalue weighted by atomic mass is 32.2. The van der Waals surface area contributed by atoms with E-state index in [0.717, 1.165) is 6.07 Å². The standard InChI is InChI=1S/C17H12F4N2O3S2/c18-16-5-4-14(7-15(16)17(19,20)21)28(24,25)23-11-2-1-3-13(6-11)26-8-12-9-27-10-22-12/h1-7,9-10,23H,8H2. The molecule has 0 radical (unpaired) electrons. The summed E-state index contributed by atoms with van der Waals surface area (Å²) in [6.45, 7) is 0.173. The molecule has 0 aliphatic rings. The minimum atomic E-state index is -5.01. The zero-order chi connectivity index (χ0) is 20.4. The fraction of sp³-hybridized carbons (Fsp3) is 0.118. The summed E-state index contributed by atoms with van der Waals surface area (Å²) in [6.07, 6.45) is -5.01. The topological polar surface area (TPSA) is 68.3 Å². The second-order valence-corrected chi connectivity index (χ2v) is 7.94. The van der Waals surface area contributed by atoms with Gasteiger partial charge in [0.1, 0.15) is 18.2 Å². The number of nitrogens with zero attached hydrogens (tertiary/aromatic N) is 1. The van der Waals surface area contributed by atoms with Crippen molar-refractivity contribution in [3.8, 4) is 5.75 Å². The number of rotatable bonds is 6. The number of hydrogen-bond acceptors (Lipinski definition) is 5. The average Bonchev–Trinajstić information content (AvgIpc) is 3.12. The van der Waals surface area contributed by atoms with Crippen molar-refractivity contribution in [3.05, 3.63) is 70.4 Å². The van der Waals surface area contributed by atoms with Crippen LogP contribution < -0.4 is 9.46 Å². The van der Waals surface area contributed by atoms with E-state index < -0.39 is 32.5 Å². The molecule has 28 heavy (non-hydrogen) atoms. The lowest BCUT2D eigenvalue weighted by Gasteiger charge is -2.12. The highest BCUT2D eigenvalue weighted by Gasteiger charge is 2.35. The summed E-state index contributed by atoms with van der Waals surface area (Å²) in [7, 11) is -4.37. The van der Waals surface area contributed by atoms with Crippen LogP contribution in [0.4, 0.5) is 23.2 Å². The van der Waals surface area contributed by atoms with Crippen LogP contribution >= 0.6 is 11.3 Å². The van der Waals surface area contributed by atoms with Gasteiger partial charge in [-0.3, -0.25) is 4.72 Å². The summed E-state index contributed by atoms with van der Waals surface area (Å²) in [4.78, 5) is 3.33. The Balaban J connectivity index is 1.80. The first-order valence-electron chi connectivity index (χ1n) is 7.65. The Bertz CT molecular complexity index is 1070. The van der Waals surface area contributed by atoms with E-state index in [-0.39, 0.29) is 18.4 Å². The largest absolute Gasteiger partial charge is 0.487 e. The molecular weight excluding hydrogens is 420 g/mol. The lowest BCUT2D eigenvalue weighted by atomic mass is 10.2. The first kappa shape index (κ1) is 20.1. The van der Waals surface area contributed by atoms with Crippen LogP contribution in [0.15, 0.2) is 58.3 Å². The SMILES string of the molecule is O=S(=O)(Nc1cccc(OCc2cscn2)c1)c1ccc(F)c(C(F)(F)F)c1. The van der Waals surface area contributed by atoms with Gasteiger partial charge >= 0.3 is 6.18 Å². The molecule has 0 aliphatic heterocycles. The van der Waals surface area contributed by atoms with Gasteiger partial charge in [0.15, 0.2) is 0 Å². The number of halogens is 4. The smallest absolute Gasteiger partial charge is 0.419 e. The molecule has 0 fully saturated rings. The molecule has 1 aromatic heterocycles. The summed E-state index contributed by atoms with van der Waals surface area (Å²) in [5.74, 6) is -1.22. The molecule has 2 aromatic carbocycles. The van der Waals surface area contributed by atoms with Crippen LogP contribution in [0.3, 0.4) is 0 Å². The predicted octanol–water partition coefficient (Wildman–Crippen LogP) is 4.68. The van der Waals surface area contributed by atoms with Crippen molar-refractivity contribution in [2.75, 3.05) is 4.72 Å². The van der Waals surface area contributed by atoms with Gasteiger partial charge in [-0.1, -0.05) is 6.07 Å². The summed E-state index contributed by atoms with van der Waals surface area (Å²) < 4.78 is 84.3. The molecule has 0 bridgehead atoms. The number of alkyl halides is 3. The number of nitrogens with one attached hydrogen (secondary N) is 1. The van der Waals surface area contributed by atoms with E-state index in [0.29, 0.717) is 17.5 Å². The van der Waals surface area contributed by atoms with E-state index in [1.54, 1.807) is 17.0 Å². The Kier molecular flexibility index (Phi) is 5.57. The Morgan fingerprint density at radius 2 is 1.93 bits per heavy atom. The monoisotopic (exact) mass is 432 g/mol. The first-order chi connectivity index (χ1) is 13.1. The van der Waals surface area contributed by atoms with Gasteiger partial charge in [-0.05, 0) is 30.3 Å². The lowest BCUT2D eigenvalue weighted by Crippen LogP contribution is -2.15. The second-order valence-electron chi connectivity index (χ2n) is 5.54. The predicted molar refractivity (Wildman–Crippen MR) is 95.1 cm³/mol. The molecule has 0 spiro atoms. The molecule has 3 aromatic rings. The number of thiazole rings is 1. The van der Waals surface area contributed by atoms with Gasteiger partial charge in [0.05, 0.1) is 27.4 Å². The van der Waals surface area contributed by atoms with Gasteiger partial charge in [0.2, 0.25) is 0 Å². The van der Waals surface area contributed by atoms with Crippen molar-refractivity contribution < 1.29 is 30.7 Å². The number of sulfonamides is 1. The van der Waals surface area contributed by atoms with E-state index in [4.69, 9.17) is 4.74 Å². The van der Waals surface area contributed by atoms with Crippen LogP contribution in [-0.4, -0.2) is 13.4 Å². The maximum absolute atomic E-state index is 13.4. The average molecular weight is 432 g/mol. The van der Waals surface area contributed by atoms with Crippen molar-refractivity contribution in [1.82, 2.24) is 4.98 Å². The van der Waals surface area contributed by atoms with Gasteiger partial charge in [-0.2, -0.15) is 13.2 Å². The quantitative estimate of drug-likeness (QED) is 0.575. The molecule has 0 saturated carbocycles. The molecule has 0 amide bonds. The fourth-order valence-corrected chi connectivity index (χ4v) is 3.84. The maximum atomic E-state index is 13.4. The van der Waals surface area contributed by atoms with Crippen molar-refractivity contribution in [3.63, 3.8) is 0 Å². The number of aromatic nitrogens is 1. The van der Waals surface area contributed by atoms with E-state index in [1.165, 1.54) is 29.5 Å². The van der Waals surface area contributed by atoms with Crippen LogP contribution in [0.5, 0.6) is 5.75 Å². The number of anilines is 1. The third-order valence-electron chi connectivity index (χ3n) is 3.51. The number of benzene rings is 2. The van der Waals surface area contributed by atoms with Crippen LogP contribution in [0.2, 0.25) is 0 Å². The molecule has 1 N–H and O–H groups in total. The molecule has 11 heteroatoms. The molecule has 0 unspecified atom stereocenters. The highest BCUT2D eigenvalue weighted by molar-refractivity contribution is 7.92. The Morgan fingerprint density at radius 3 is 2.61 bits per heavy atom. The summed E-state index contributed by atoms with van der Waals surface area (Å²) >= 11 is 1.40. The van der Waals surface area contributed by atoms with E-state index >= 15 is 0 Å². The normalized spacial score (nSPS) is 12.0. The number of hydrogen-bond donors (Lipinski definition) is 1. The molecule has 1 heterocycles. The molecule has 5 nitrogen and oxygen atoms in total. The Morgan fingerprint density at radius 1 is 1.14 bits per heavy atom. The second kappa shape index (κ2) is 7.76. The van der Waals surface area contributed by atoms with Crippen LogP contribution in [0.1, 0.15) is 11.3 Å². The Labute approximate surface area is 161 Å². The first-order valence-corrected chi connectivity index (χ1v) is 10.1. The van der Waals surface area contributed by atoms with Crippen molar-refractivity contribution in [2.45, 2.75) is 17.7 Å². The van der Waals surface area contributed by atoms with Gasteiger partial charge in [-0.25, -0.2) is 17.8 Å². The van der Waals surface area contributed by atoms with Crippen molar-refractivity contribution in [1.29, 1.82) is 0 Å². The van der Waals surface area contributed by atoms with E-state index in [9.17, 15) is 26.0 Å². The molecule has 0 atom stereocenters. The highest BCUT2D eigenvalue weighted by Crippen LogP contribution is 2.33. The van der Waals surface area contributed by atoms with Crippen LogP contribution in [0.25, 0.3) is 0 Å². The lowest BCUT2D eigenvalue weighted by molar-refractivity contribution is -0.140. The van der Waals surface area contributed by atoms with Gasteiger partial charge in [0.25, 0.3) is 10.0 Å². The third kappa shape index (κ3) is 4.78. The third-order valence-corrected chi connectivity index (χ3v) is 5.52. The van der Waals surface area contributed by atoms with Gasteiger partial charge < -0.3 is 4.74 Å². The van der Waals surface area contributed by atoms with Gasteiger partial charge in [-0.15, -0.1) is 11.3 Å². The Hall–Kier alpha value is -2.66. The zero-order valence-corrected chi connectivity index (χ0v) is 15.5. The molecule has 3 rings (SSSR count). The minimum Gasteiger partial charge on any atom is -0.487 e. The minimum absolute atomic E-state index is 0.0775. The van der Waals surface area contributed by atoms with Crippen molar-refractivity contribution in [2.24, 2.45) is 0 Å². The molecular formula is C17H12F4N2O3S2. The summed E-state index contributed by atoms with van der Waals surface area (Å²) in [5, 5.41) is 1.79. The summed E-state index contributed by atoms with van der Waals surface area (Å²) in [6, 6.07) is 7.35. The molecule has 148 valence electrons. The van der Waals surface area contributed by atoms with Crippen molar-refractivity contribution >= 4 is 27.0 Å². The van der Waals surface area contributed by atoms with Crippen LogP contribution in [-0.2, 0) is 22.8 Å².